The van der Waals surface area contributed by atoms with Crippen molar-refractivity contribution in [2.45, 2.75) is 63.8 Å². The van der Waals surface area contributed by atoms with E-state index < -0.39 is 0 Å². The lowest BCUT2D eigenvalue weighted by Crippen LogP contribution is -2.43. The highest BCUT2D eigenvalue weighted by Crippen LogP contribution is 2.31. The molecule has 2 aliphatic carbocycles. The highest BCUT2D eigenvalue weighted by Gasteiger charge is 2.27. The molecule has 0 amide bonds. The summed E-state index contributed by atoms with van der Waals surface area (Å²) in [4.78, 5) is 2.66. The highest BCUT2D eigenvalue weighted by atomic mass is 35.5. The molecule has 1 N–H and O–H groups in total. The van der Waals surface area contributed by atoms with E-state index >= 15 is 0 Å². The topological polar surface area (TPSA) is 41.1 Å². The Morgan fingerprint density at radius 2 is 1.83 bits per heavy atom. The van der Waals surface area contributed by atoms with Crippen LogP contribution in [0.5, 0.6) is 0 Å². The smallest absolute Gasteiger partial charge is 0.156 e. The molecule has 1 aliphatic heterocycles. The maximum Gasteiger partial charge on any atom is 0.156 e. The number of nitrogens with one attached hydrogen (secondary N) is 1. The Bertz CT molecular complexity index is 609. The molecule has 4 rings (SSSR count). The first kappa shape index (κ1) is 15.4. The van der Waals surface area contributed by atoms with Crippen molar-refractivity contribution in [2.24, 2.45) is 0 Å². The van der Waals surface area contributed by atoms with Crippen LogP contribution < -0.4 is 5.32 Å². The van der Waals surface area contributed by atoms with Crippen molar-refractivity contribution in [1.29, 1.82) is 0 Å². The molecule has 1 saturated heterocycles. The Labute approximate surface area is 143 Å². The molecule has 124 valence electrons. The van der Waals surface area contributed by atoms with Crippen molar-refractivity contribution < 1.29 is 0 Å². The summed E-state index contributed by atoms with van der Waals surface area (Å²) in [7, 11) is 0. The molecular formula is C18H25ClN4. The van der Waals surface area contributed by atoms with Crippen molar-refractivity contribution in [1.82, 2.24) is 15.1 Å². The summed E-state index contributed by atoms with van der Waals surface area (Å²) in [6.07, 6.45) is 13.3. The molecule has 0 aromatic carbocycles. The van der Waals surface area contributed by atoms with Gasteiger partial charge in [0, 0.05) is 24.4 Å². The van der Waals surface area contributed by atoms with Crippen molar-refractivity contribution in [3.8, 4) is 0 Å². The summed E-state index contributed by atoms with van der Waals surface area (Å²) < 4.78 is 0. The van der Waals surface area contributed by atoms with Crippen LogP contribution in [0.1, 0.15) is 56.1 Å². The van der Waals surface area contributed by atoms with Gasteiger partial charge in [-0.1, -0.05) is 18.0 Å². The van der Waals surface area contributed by atoms with Crippen LogP contribution in [0.2, 0.25) is 5.15 Å². The quantitative estimate of drug-likeness (QED) is 0.909. The molecule has 1 saturated carbocycles. The Morgan fingerprint density at radius 1 is 1.00 bits per heavy atom. The predicted molar refractivity (Wildman–Crippen MR) is 93.8 cm³/mol. The lowest BCUT2D eigenvalue weighted by molar-refractivity contribution is 0.124. The molecule has 23 heavy (non-hydrogen) atoms. The number of piperidine rings is 1. The molecule has 3 aliphatic rings. The van der Waals surface area contributed by atoms with Gasteiger partial charge in [0.15, 0.2) is 11.0 Å². The van der Waals surface area contributed by atoms with Gasteiger partial charge < -0.3 is 5.32 Å². The Balaban J connectivity index is 1.47. The molecule has 0 unspecified atom stereocenters. The maximum absolute atomic E-state index is 6.22. The number of nitrogens with zero attached hydrogens (tertiary/aromatic N) is 3. The van der Waals surface area contributed by atoms with Crippen molar-refractivity contribution >= 4 is 17.4 Å². The molecule has 2 fully saturated rings. The Kier molecular flexibility index (Phi) is 4.54. The third kappa shape index (κ3) is 3.24. The number of anilines is 1. The fourth-order valence-electron chi connectivity index (χ4n) is 4.00. The predicted octanol–water partition coefficient (Wildman–Crippen LogP) is 3.95. The molecule has 5 heteroatoms. The normalized spacial score (nSPS) is 24.3. The van der Waals surface area contributed by atoms with Gasteiger partial charge in [0.05, 0.1) is 0 Å². The minimum atomic E-state index is 0.590. The van der Waals surface area contributed by atoms with Gasteiger partial charge >= 0.3 is 0 Å². The molecule has 2 heterocycles. The number of fused-ring (bicyclic) bond motifs is 1. The van der Waals surface area contributed by atoms with Crippen LogP contribution >= 0.6 is 11.6 Å². The van der Waals surface area contributed by atoms with Gasteiger partial charge in [-0.2, -0.15) is 0 Å². The maximum atomic E-state index is 6.22. The first-order valence-corrected chi connectivity index (χ1v) is 9.41. The number of hydrogen-bond acceptors (Lipinski definition) is 4. The monoisotopic (exact) mass is 332 g/mol. The first-order valence-electron chi connectivity index (χ1n) is 9.03. The largest absolute Gasteiger partial charge is 0.345 e. The van der Waals surface area contributed by atoms with E-state index in [-0.39, 0.29) is 0 Å². The second-order valence-electron chi connectivity index (χ2n) is 7.11. The minimum Gasteiger partial charge on any atom is -0.345 e. The van der Waals surface area contributed by atoms with E-state index in [0.29, 0.717) is 5.15 Å². The highest BCUT2D eigenvalue weighted by molar-refractivity contribution is 6.30. The van der Waals surface area contributed by atoms with Crippen LogP contribution in [0.4, 0.5) is 5.82 Å². The molecule has 0 atom stereocenters. The second-order valence-corrected chi connectivity index (χ2v) is 7.47. The molecular weight excluding hydrogens is 308 g/mol. The van der Waals surface area contributed by atoms with Gasteiger partial charge in [-0.3, -0.25) is 4.90 Å². The number of likely N-dealkylation sites (tertiary alicyclic amines) is 1. The van der Waals surface area contributed by atoms with Crippen molar-refractivity contribution in [3.63, 3.8) is 0 Å². The van der Waals surface area contributed by atoms with Crippen LogP contribution in [0, 0.1) is 0 Å². The van der Waals surface area contributed by atoms with Crippen LogP contribution in [-0.4, -0.2) is 34.2 Å². The molecule has 0 spiro atoms. The van der Waals surface area contributed by atoms with E-state index in [1.54, 1.807) is 0 Å². The molecule has 4 nitrogen and oxygen atoms in total. The van der Waals surface area contributed by atoms with Crippen LogP contribution in [0.15, 0.2) is 11.8 Å². The third-order valence-electron chi connectivity index (χ3n) is 5.59. The van der Waals surface area contributed by atoms with Gasteiger partial charge in [-0.05, 0) is 69.0 Å². The Hall–Kier alpha value is -1.13. The summed E-state index contributed by atoms with van der Waals surface area (Å²) in [5.41, 5.74) is 3.97. The zero-order valence-electron chi connectivity index (χ0n) is 13.7. The van der Waals surface area contributed by atoms with E-state index in [1.807, 2.05) is 0 Å². The van der Waals surface area contributed by atoms with Crippen molar-refractivity contribution in [3.05, 3.63) is 28.1 Å². The zero-order chi connectivity index (χ0) is 15.6. The number of rotatable bonds is 3. The van der Waals surface area contributed by atoms with Crippen LogP contribution in [0.25, 0.3) is 0 Å². The average molecular weight is 333 g/mol. The fourth-order valence-corrected chi connectivity index (χ4v) is 4.25. The summed E-state index contributed by atoms with van der Waals surface area (Å²) in [5, 5.41) is 12.5. The average Bonchev–Trinajstić information content (AvgIpc) is 2.53. The van der Waals surface area contributed by atoms with E-state index in [4.69, 9.17) is 11.6 Å². The van der Waals surface area contributed by atoms with Gasteiger partial charge in [0.1, 0.15) is 0 Å². The molecule has 0 radical (unpaired) electrons. The summed E-state index contributed by atoms with van der Waals surface area (Å²) in [5.74, 6) is 0.914. The summed E-state index contributed by atoms with van der Waals surface area (Å²) in [6.45, 7) is 2.37. The van der Waals surface area contributed by atoms with Crippen LogP contribution in [-0.2, 0) is 12.8 Å². The van der Waals surface area contributed by atoms with Crippen molar-refractivity contribution in [2.75, 3.05) is 18.4 Å². The van der Waals surface area contributed by atoms with Gasteiger partial charge in [0.2, 0.25) is 0 Å². The van der Waals surface area contributed by atoms with E-state index in [9.17, 15) is 0 Å². The zero-order valence-corrected chi connectivity index (χ0v) is 14.4. The lowest BCUT2D eigenvalue weighted by Gasteiger charge is -2.40. The molecule has 1 aromatic heterocycles. The van der Waals surface area contributed by atoms with E-state index in [1.165, 1.54) is 68.2 Å². The van der Waals surface area contributed by atoms with Gasteiger partial charge in [-0.15, -0.1) is 10.2 Å². The summed E-state index contributed by atoms with van der Waals surface area (Å²) >= 11 is 6.22. The minimum absolute atomic E-state index is 0.590. The van der Waals surface area contributed by atoms with E-state index in [0.717, 1.165) is 31.2 Å². The first-order chi connectivity index (χ1) is 11.3. The molecule has 1 aromatic rings. The lowest BCUT2D eigenvalue weighted by atomic mass is 9.89. The Morgan fingerprint density at radius 3 is 2.61 bits per heavy atom. The van der Waals surface area contributed by atoms with Gasteiger partial charge in [-0.25, -0.2) is 0 Å². The summed E-state index contributed by atoms with van der Waals surface area (Å²) in [6, 6.07) is 0.835. The number of halogens is 1. The number of aromatic nitrogens is 2. The molecule has 0 bridgehead atoms. The fraction of sp³-hybridized carbons (Fsp3) is 0.667. The third-order valence-corrected chi connectivity index (χ3v) is 5.90. The van der Waals surface area contributed by atoms with Crippen LogP contribution in [0.3, 0.4) is 0 Å². The number of hydrogen-bond donors (Lipinski definition) is 1. The second kappa shape index (κ2) is 6.78. The van der Waals surface area contributed by atoms with Gasteiger partial charge in [0.25, 0.3) is 0 Å². The SMILES string of the molecule is Clc1nnc(N/C=C2/CCCN(C3CCC3)C2)c2c1CCCC2. The standard InChI is InChI=1S/C18H25ClN4/c19-17-15-8-1-2-9-16(15)18(22-21-17)20-11-13-5-4-10-23(12-13)14-6-3-7-14/h11,14H,1-10,12H2,(H,20,22)/b13-11-. The van der Waals surface area contributed by atoms with E-state index in [2.05, 4.69) is 26.6 Å².